The predicted molar refractivity (Wildman–Crippen MR) is 105 cm³/mol. The van der Waals surface area contributed by atoms with Gasteiger partial charge in [0.15, 0.2) is 0 Å². The van der Waals surface area contributed by atoms with Crippen molar-refractivity contribution in [2.75, 3.05) is 18.4 Å². The van der Waals surface area contributed by atoms with Gasteiger partial charge in [-0.1, -0.05) is 24.6 Å². The van der Waals surface area contributed by atoms with Gasteiger partial charge >= 0.3 is 0 Å². The lowest BCUT2D eigenvalue weighted by atomic mass is 9.94. The number of hydrogen-bond donors (Lipinski definition) is 3. The second-order valence-corrected chi connectivity index (χ2v) is 7.42. The Hall–Kier alpha value is -2.44. The largest absolute Gasteiger partial charge is 0.346 e. The molecule has 1 aliphatic heterocycles. The summed E-state index contributed by atoms with van der Waals surface area (Å²) in [6.07, 6.45) is 4.70. The zero-order chi connectivity index (χ0) is 18.1. The van der Waals surface area contributed by atoms with Gasteiger partial charge in [-0.15, -0.1) is 0 Å². The third kappa shape index (κ3) is 3.43. The van der Waals surface area contributed by atoms with E-state index in [1.165, 1.54) is 11.1 Å². The first-order chi connectivity index (χ1) is 12.6. The van der Waals surface area contributed by atoms with Crippen LogP contribution in [0.25, 0.3) is 11.0 Å². The summed E-state index contributed by atoms with van der Waals surface area (Å²) in [5, 5.41) is 4.51. The van der Waals surface area contributed by atoms with Gasteiger partial charge < -0.3 is 16.0 Å². The monoisotopic (exact) mass is 350 g/mol. The SMILES string of the molecule is Cc1ccc(Nc2ncnc3[nH]cc(CN4CC[C@@H](N)[C@H](C)C4)c23)cc1. The Morgan fingerprint density at radius 3 is 2.85 bits per heavy atom. The molecule has 0 radical (unpaired) electrons. The molecule has 6 nitrogen and oxygen atoms in total. The highest BCUT2D eigenvalue weighted by molar-refractivity contribution is 5.92. The summed E-state index contributed by atoms with van der Waals surface area (Å²) >= 11 is 0. The van der Waals surface area contributed by atoms with Crippen LogP contribution in [0, 0.1) is 12.8 Å². The van der Waals surface area contributed by atoms with Crippen LogP contribution in [0.2, 0.25) is 0 Å². The number of likely N-dealkylation sites (tertiary alicyclic amines) is 1. The second kappa shape index (κ2) is 7.05. The number of benzene rings is 1. The first-order valence-electron chi connectivity index (χ1n) is 9.23. The first-order valence-corrected chi connectivity index (χ1v) is 9.23. The highest BCUT2D eigenvalue weighted by atomic mass is 15.1. The van der Waals surface area contributed by atoms with E-state index < -0.39 is 0 Å². The number of H-pyrrole nitrogens is 1. The molecule has 1 aromatic carbocycles. The minimum absolute atomic E-state index is 0.316. The maximum absolute atomic E-state index is 6.16. The number of hydrogen-bond acceptors (Lipinski definition) is 5. The quantitative estimate of drug-likeness (QED) is 0.673. The third-order valence-corrected chi connectivity index (χ3v) is 5.32. The first kappa shape index (κ1) is 17.0. The van der Waals surface area contributed by atoms with Crippen LogP contribution in [0.5, 0.6) is 0 Å². The summed E-state index contributed by atoms with van der Waals surface area (Å²) in [7, 11) is 0. The van der Waals surface area contributed by atoms with Crippen LogP contribution in [-0.4, -0.2) is 39.0 Å². The molecule has 4 N–H and O–H groups in total. The lowest BCUT2D eigenvalue weighted by molar-refractivity contribution is 0.158. The molecule has 0 unspecified atom stereocenters. The minimum Gasteiger partial charge on any atom is -0.346 e. The van der Waals surface area contributed by atoms with E-state index in [1.54, 1.807) is 6.33 Å². The fraction of sp³-hybridized carbons (Fsp3) is 0.400. The fourth-order valence-electron chi connectivity index (χ4n) is 3.65. The lowest BCUT2D eigenvalue weighted by Gasteiger charge is -2.34. The standard InChI is InChI=1S/C20H26N6/c1-13-3-5-16(6-4-13)25-20-18-15(9-22-19(18)23-12-24-20)11-26-8-7-17(21)14(2)10-26/h3-6,9,12,14,17H,7-8,10-11,21H2,1-2H3,(H2,22,23,24,25)/t14-,17-/m1/s1. The summed E-state index contributed by atoms with van der Waals surface area (Å²) in [5.74, 6) is 1.37. The van der Waals surface area contributed by atoms with Gasteiger partial charge in [-0.3, -0.25) is 4.90 Å². The van der Waals surface area contributed by atoms with Crippen LogP contribution in [0.3, 0.4) is 0 Å². The van der Waals surface area contributed by atoms with Crippen molar-refractivity contribution in [2.24, 2.45) is 11.7 Å². The molecule has 4 rings (SSSR count). The predicted octanol–water partition coefficient (Wildman–Crippen LogP) is 3.18. The highest BCUT2D eigenvalue weighted by Crippen LogP contribution is 2.28. The lowest BCUT2D eigenvalue weighted by Crippen LogP contribution is -2.45. The third-order valence-electron chi connectivity index (χ3n) is 5.32. The second-order valence-electron chi connectivity index (χ2n) is 7.42. The van der Waals surface area contributed by atoms with E-state index in [0.29, 0.717) is 12.0 Å². The molecule has 3 aromatic rings. The molecule has 0 bridgehead atoms. The van der Waals surface area contributed by atoms with Gasteiger partial charge in [0.2, 0.25) is 0 Å². The van der Waals surface area contributed by atoms with Crippen LogP contribution in [0.1, 0.15) is 24.5 Å². The number of fused-ring (bicyclic) bond motifs is 1. The fourth-order valence-corrected chi connectivity index (χ4v) is 3.65. The molecule has 1 aliphatic rings. The van der Waals surface area contributed by atoms with Gasteiger partial charge in [0.1, 0.15) is 17.8 Å². The maximum atomic E-state index is 6.16. The molecule has 6 heteroatoms. The molecule has 0 aliphatic carbocycles. The molecule has 0 spiro atoms. The smallest absolute Gasteiger partial charge is 0.143 e. The number of aryl methyl sites for hydroxylation is 1. The molecule has 0 saturated carbocycles. The van der Waals surface area contributed by atoms with Gasteiger partial charge in [-0.05, 0) is 43.5 Å². The Morgan fingerprint density at radius 2 is 2.08 bits per heavy atom. The van der Waals surface area contributed by atoms with E-state index >= 15 is 0 Å². The summed E-state index contributed by atoms with van der Waals surface area (Å²) < 4.78 is 0. The molecule has 1 fully saturated rings. The molecular weight excluding hydrogens is 324 g/mol. The molecule has 2 aromatic heterocycles. The van der Waals surface area contributed by atoms with Crippen molar-refractivity contribution >= 4 is 22.5 Å². The topological polar surface area (TPSA) is 82.9 Å². The van der Waals surface area contributed by atoms with E-state index in [9.17, 15) is 0 Å². The van der Waals surface area contributed by atoms with E-state index in [2.05, 4.69) is 69.5 Å². The van der Waals surface area contributed by atoms with Crippen molar-refractivity contribution in [1.29, 1.82) is 0 Å². The maximum Gasteiger partial charge on any atom is 0.143 e. The number of aromatic nitrogens is 3. The Morgan fingerprint density at radius 1 is 1.27 bits per heavy atom. The average molecular weight is 350 g/mol. The minimum atomic E-state index is 0.316. The Bertz CT molecular complexity index is 885. The molecule has 0 amide bonds. The number of anilines is 2. The van der Waals surface area contributed by atoms with E-state index in [-0.39, 0.29) is 0 Å². The Balaban J connectivity index is 1.61. The van der Waals surface area contributed by atoms with E-state index in [0.717, 1.165) is 48.6 Å². The van der Waals surface area contributed by atoms with E-state index in [1.807, 2.05) is 0 Å². The number of nitrogens with one attached hydrogen (secondary N) is 2. The zero-order valence-corrected chi connectivity index (χ0v) is 15.4. The summed E-state index contributed by atoms with van der Waals surface area (Å²) in [6, 6.07) is 8.65. The average Bonchev–Trinajstić information content (AvgIpc) is 3.04. The Labute approximate surface area is 153 Å². The normalized spacial score (nSPS) is 21.2. The van der Waals surface area contributed by atoms with Crippen molar-refractivity contribution in [3.8, 4) is 0 Å². The van der Waals surface area contributed by atoms with Crippen LogP contribution in [-0.2, 0) is 6.54 Å². The molecule has 2 atom stereocenters. The highest BCUT2D eigenvalue weighted by Gasteiger charge is 2.24. The van der Waals surface area contributed by atoms with E-state index in [4.69, 9.17) is 5.73 Å². The van der Waals surface area contributed by atoms with Crippen LogP contribution < -0.4 is 11.1 Å². The number of rotatable bonds is 4. The molecule has 26 heavy (non-hydrogen) atoms. The zero-order valence-electron chi connectivity index (χ0n) is 15.4. The van der Waals surface area contributed by atoms with Gasteiger partial charge in [-0.25, -0.2) is 9.97 Å². The van der Waals surface area contributed by atoms with Crippen molar-refractivity contribution in [3.63, 3.8) is 0 Å². The number of nitrogens with zero attached hydrogens (tertiary/aromatic N) is 3. The van der Waals surface area contributed by atoms with Crippen molar-refractivity contribution in [1.82, 2.24) is 19.9 Å². The van der Waals surface area contributed by atoms with Gasteiger partial charge in [-0.2, -0.15) is 0 Å². The van der Waals surface area contributed by atoms with Crippen LogP contribution >= 0.6 is 0 Å². The van der Waals surface area contributed by atoms with Gasteiger partial charge in [0, 0.05) is 31.0 Å². The summed E-state index contributed by atoms with van der Waals surface area (Å²) in [6.45, 7) is 7.27. The number of nitrogens with two attached hydrogens (primary N) is 1. The molecule has 136 valence electrons. The Kier molecular flexibility index (Phi) is 4.61. The number of piperidine rings is 1. The van der Waals surface area contributed by atoms with Gasteiger partial charge in [0.05, 0.1) is 5.39 Å². The number of aromatic amines is 1. The summed E-state index contributed by atoms with van der Waals surface area (Å²) in [5.41, 5.74) is 10.5. The molecular formula is C20H26N6. The summed E-state index contributed by atoms with van der Waals surface area (Å²) in [4.78, 5) is 14.7. The van der Waals surface area contributed by atoms with Crippen LogP contribution in [0.4, 0.5) is 11.5 Å². The van der Waals surface area contributed by atoms with Gasteiger partial charge in [0.25, 0.3) is 0 Å². The molecule has 1 saturated heterocycles. The van der Waals surface area contributed by atoms with Crippen molar-refractivity contribution in [2.45, 2.75) is 32.9 Å². The van der Waals surface area contributed by atoms with Crippen LogP contribution in [0.15, 0.2) is 36.8 Å². The molecule has 3 heterocycles. The van der Waals surface area contributed by atoms with Crippen molar-refractivity contribution < 1.29 is 0 Å². The van der Waals surface area contributed by atoms with Crippen molar-refractivity contribution in [3.05, 3.63) is 47.9 Å².